The van der Waals surface area contributed by atoms with E-state index in [4.69, 9.17) is 0 Å². The maximum Gasteiger partial charge on any atom is 0.329 e. The number of rotatable bonds is 2. The number of aromatic nitrogens is 7. The molecule has 0 bridgehead atoms. The first-order chi connectivity index (χ1) is 8.65. The van der Waals surface area contributed by atoms with Crippen LogP contribution in [0.5, 0.6) is 0 Å². The van der Waals surface area contributed by atoms with Crippen LogP contribution in [-0.2, 0) is 13.6 Å². The van der Waals surface area contributed by atoms with E-state index in [0.29, 0.717) is 18.0 Å². The highest BCUT2D eigenvalue weighted by molar-refractivity contribution is 5.69. The van der Waals surface area contributed by atoms with E-state index in [1.807, 2.05) is 0 Å². The summed E-state index contributed by atoms with van der Waals surface area (Å²) >= 11 is 0. The molecule has 0 spiro atoms. The van der Waals surface area contributed by atoms with Crippen LogP contribution in [0.2, 0.25) is 0 Å². The summed E-state index contributed by atoms with van der Waals surface area (Å²) in [6, 6.07) is 0. The van der Waals surface area contributed by atoms with Crippen LogP contribution in [0, 0.1) is 0 Å². The fraction of sp³-hybridized carbons (Fsp3) is 0.222. The van der Waals surface area contributed by atoms with E-state index in [1.54, 1.807) is 11.7 Å². The van der Waals surface area contributed by atoms with Gasteiger partial charge in [0, 0.05) is 7.05 Å². The van der Waals surface area contributed by atoms with Crippen LogP contribution in [0.3, 0.4) is 0 Å². The number of fused-ring (bicyclic) bond motifs is 1. The number of aryl methyl sites for hydroxylation is 1. The molecule has 0 saturated carbocycles. The van der Waals surface area contributed by atoms with Crippen LogP contribution in [-0.4, -0.2) is 34.3 Å². The number of H-pyrrole nitrogens is 2. The first-order valence-corrected chi connectivity index (χ1v) is 5.15. The minimum absolute atomic E-state index is 0.271. The fourth-order valence-electron chi connectivity index (χ4n) is 1.70. The lowest BCUT2D eigenvalue weighted by Crippen LogP contribution is -2.28. The van der Waals surface area contributed by atoms with Gasteiger partial charge in [-0.2, -0.15) is 5.10 Å². The Balaban J connectivity index is 2.17. The molecule has 0 aliphatic carbocycles. The van der Waals surface area contributed by atoms with E-state index in [9.17, 15) is 9.59 Å². The molecule has 0 aliphatic heterocycles. The monoisotopic (exact) mass is 247 g/mol. The van der Waals surface area contributed by atoms with Crippen molar-refractivity contribution in [3.05, 3.63) is 39.3 Å². The van der Waals surface area contributed by atoms with Crippen molar-refractivity contribution >= 4 is 11.2 Å². The molecule has 9 heteroatoms. The lowest BCUT2D eigenvalue weighted by Gasteiger charge is -1.95. The lowest BCUT2D eigenvalue weighted by atomic mass is 10.5. The molecule has 2 N–H and O–H groups in total. The Bertz CT molecular complexity index is 808. The average Bonchev–Trinajstić information content (AvgIpc) is 2.96. The Morgan fingerprint density at radius 3 is 2.89 bits per heavy atom. The van der Waals surface area contributed by atoms with E-state index in [0.717, 1.165) is 0 Å². The van der Waals surface area contributed by atoms with Gasteiger partial charge in [-0.05, 0) is 0 Å². The summed E-state index contributed by atoms with van der Waals surface area (Å²) < 4.78 is 2.84. The predicted octanol–water partition coefficient (Wildman–Crippen LogP) is -1.41. The maximum atomic E-state index is 11.6. The summed E-state index contributed by atoms with van der Waals surface area (Å²) in [5.41, 5.74) is -0.386. The standard InChI is InChI=1S/C9H9N7O2/c1-15-7-6(8(17)14-9(15)18)12-5(13-7)2-16-4-10-3-11-16/h3-4H,2H2,1H3,(H,12,13)(H,14,17,18). The lowest BCUT2D eigenvalue weighted by molar-refractivity contribution is 0.660. The minimum Gasteiger partial charge on any atom is -0.335 e. The number of aromatic amines is 2. The Morgan fingerprint density at radius 2 is 2.17 bits per heavy atom. The summed E-state index contributed by atoms with van der Waals surface area (Å²) in [5.74, 6) is 0.530. The molecule has 0 aromatic carbocycles. The summed E-state index contributed by atoms with van der Waals surface area (Å²) in [5, 5.41) is 3.94. The predicted molar refractivity (Wildman–Crippen MR) is 61.1 cm³/mol. The van der Waals surface area contributed by atoms with Crippen molar-refractivity contribution in [2.75, 3.05) is 0 Å². The van der Waals surface area contributed by atoms with Gasteiger partial charge in [0.2, 0.25) is 0 Å². The van der Waals surface area contributed by atoms with E-state index in [2.05, 4.69) is 25.0 Å². The van der Waals surface area contributed by atoms with Crippen molar-refractivity contribution in [3.63, 3.8) is 0 Å². The smallest absolute Gasteiger partial charge is 0.329 e. The first kappa shape index (κ1) is 10.4. The number of hydrogen-bond acceptors (Lipinski definition) is 5. The van der Waals surface area contributed by atoms with Crippen LogP contribution < -0.4 is 11.2 Å². The summed E-state index contributed by atoms with van der Waals surface area (Å²) in [7, 11) is 1.54. The van der Waals surface area contributed by atoms with Crippen LogP contribution in [0.25, 0.3) is 11.2 Å². The Labute approximate surface area is 99.1 Å². The van der Waals surface area contributed by atoms with E-state index in [-0.39, 0.29) is 5.52 Å². The molecule has 0 aliphatic rings. The van der Waals surface area contributed by atoms with Gasteiger partial charge in [-0.3, -0.25) is 14.3 Å². The van der Waals surface area contributed by atoms with Crippen molar-refractivity contribution in [1.82, 2.24) is 34.3 Å². The average molecular weight is 247 g/mol. The highest BCUT2D eigenvalue weighted by Crippen LogP contribution is 2.04. The fourth-order valence-corrected chi connectivity index (χ4v) is 1.70. The second-order valence-corrected chi connectivity index (χ2v) is 3.79. The SMILES string of the molecule is Cn1c(=O)[nH]c(=O)c2[nH]c(Cn3cncn3)nc21. The second kappa shape index (κ2) is 3.65. The molecular weight excluding hydrogens is 238 g/mol. The van der Waals surface area contributed by atoms with Crippen molar-refractivity contribution in [1.29, 1.82) is 0 Å². The second-order valence-electron chi connectivity index (χ2n) is 3.79. The third kappa shape index (κ3) is 1.52. The molecule has 3 aromatic heterocycles. The molecule has 3 rings (SSSR count). The van der Waals surface area contributed by atoms with Crippen LogP contribution >= 0.6 is 0 Å². The Kier molecular flexibility index (Phi) is 2.12. The molecule has 0 atom stereocenters. The summed E-state index contributed by atoms with van der Waals surface area (Å²) in [6.45, 7) is 0.350. The van der Waals surface area contributed by atoms with Crippen molar-refractivity contribution in [3.8, 4) is 0 Å². The number of imidazole rings is 1. The Hall–Kier alpha value is -2.71. The van der Waals surface area contributed by atoms with Gasteiger partial charge in [0.05, 0.1) is 0 Å². The quantitative estimate of drug-likeness (QED) is 0.577. The molecule has 18 heavy (non-hydrogen) atoms. The zero-order chi connectivity index (χ0) is 12.7. The zero-order valence-corrected chi connectivity index (χ0v) is 9.41. The first-order valence-electron chi connectivity index (χ1n) is 5.15. The molecule has 92 valence electrons. The van der Waals surface area contributed by atoms with E-state index < -0.39 is 11.2 Å². The zero-order valence-electron chi connectivity index (χ0n) is 9.41. The highest BCUT2D eigenvalue weighted by Gasteiger charge is 2.10. The Morgan fingerprint density at radius 1 is 1.33 bits per heavy atom. The van der Waals surface area contributed by atoms with E-state index >= 15 is 0 Å². The van der Waals surface area contributed by atoms with Crippen molar-refractivity contribution in [2.24, 2.45) is 7.05 Å². The van der Waals surface area contributed by atoms with E-state index in [1.165, 1.54) is 17.2 Å². The third-order valence-electron chi connectivity index (χ3n) is 2.58. The highest BCUT2D eigenvalue weighted by atomic mass is 16.2. The van der Waals surface area contributed by atoms with Crippen molar-refractivity contribution < 1.29 is 0 Å². The molecule has 0 unspecified atom stereocenters. The molecule has 0 saturated heterocycles. The van der Waals surface area contributed by atoms with Gasteiger partial charge >= 0.3 is 5.69 Å². The number of hydrogen-bond donors (Lipinski definition) is 2. The van der Waals surface area contributed by atoms with Crippen molar-refractivity contribution in [2.45, 2.75) is 6.54 Å². The minimum atomic E-state index is -0.494. The molecule has 3 aromatic rings. The molecule has 0 radical (unpaired) electrons. The number of nitrogens with zero attached hydrogens (tertiary/aromatic N) is 5. The molecule has 0 amide bonds. The van der Waals surface area contributed by atoms with Crippen LogP contribution in [0.4, 0.5) is 0 Å². The molecular formula is C9H9N7O2. The number of nitrogens with one attached hydrogen (secondary N) is 2. The molecule has 3 heterocycles. The molecule has 0 fully saturated rings. The third-order valence-corrected chi connectivity index (χ3v) is 2.58. The normalized spacial score (nSPS) is 11.2. The summed E-state index contributed by atoms with van der Waals surface area (Å²) in [6.07, 6.45) is 2.95. The molecule has 9 nitrogen and oxygen atoms in total. The van der Waals surface area contributed by atoms with Crippen LogP contribution in [0.15, 0.2) is 22.2 Å². The van der Waals surface area contributed by atoms with Gasteiger partial charge in [-0.25, -0.2) is 19.4 Å². The van der Waals surface area contributed by atoms with Gasteiger partial charge in [0.1, 0.15) is 30.5 Å². The van der Waals surface area contributed by atoms with Gasteiger partial charge in [0.15, 0.2) is 5.65 Å². The maximum absolute atomic E-state index is 11.6. The van der Waals surface area contributed by atoms with Gasteiger partial charge in [0.25, 0.3) is 5.56 Å². The van der Waals surface area contributed by atoms with Gasteiger partial charge < -0.3 is 4.98 Å². The van der Waals surface area contributed by atoms with Gasteiger partial charge in [-0.15, -0.1) is 0 Å². The van der Waals surface area contributed by atoms with Gasteiger partial charge in [-0.1, -0.05) is 0 Å². The topological polar surface area (TPSA) is 114 Å². The summed E-state index contributed by atoms with van der Waals surface area (Å²) in [4.78, 5) is 36.1. The largest absolute Gasteiger partial charge is 0.335 e. The van der Waals surface area contributed by atoms with Crippen LogP contribution in [0.1, 0.15) is 5.82 Å².